The number of nitrogens with zero attached hydrogens (tertiary/aromatic N) is 2. The van der Waals surface area contributed by atoms with Gasteiger partial charge in [-0.05, 0) is 41.5 Å². The molecule has 0 spiro atoms. The Morgan fingerprint density at radius 2 is 1.62 bits per heavy atom. The van der Waals surface area contributed by atoms with Crippen molar-refractivity contribution in [1.82, 2.24) is 4.90 Å². The third-order valence-electron chi connectivity index (χ3n) is 6.39. The first-order valence-corrected chi connectivity index (χ1v) is 13.2. The number of benzene rings is 2. The first-order chi connectivity index (χ1) is 16.5. The van der Waals surface area contributed by atoms with E-state index in [4.69, 9.17) is 4.74 Å². The molecule has 0 aromatic heterocycles. The minimum Gasteiger partial charge on any atom is -0.485 e. The van der Waals surface area contributed by atoms with Crippen molar-refractivity contribution in [2.75, 3.05) is 37.3 Å². The molecule has 0 unspecified atom stereocenters. The highest BCUT2D eigenvalue weighted by molar-refractivity contribution is 7.98. The van der Waals surface area contributed by atoms with Crippen LogP contribution in [0.1, 0.15) is 36.5 Å². The molecule has 0 saturated carbocycles. The zero-order valence-electron chi connectivity index (χ0n) is 20.4. The van der Waals surface area contributed by atoms with E-state index in [2.05, 4.69) is 60.2 Å². The topological polar surface area (TPSA) is 32.8 Å². The fourth-order valence-electron chi connectivity index (χ4n) is 4.30. The molecular weight excluding hydrogens is 440 g/mol. The Labute approximate surface area is 207 Å². The van der Waals surface area contributed by atoms with Gasteiger partial charge in [-0.1, -0.05) is 68.4 Å². The van der Waals surface area contributed by atoms with Crippen molar-refractivity contribution in [1.29, 1.82) is 0 Å². The van der Waals surface area contributed by atoms with Gasteiger partial charge in [0, 0.05) is 43.2 Å². The van der Waals surface area contributed by atoms with E-state index in [0.717, 1.165) is 42.9 Å². The second kappa shape index (κ2) is 11.6. The fourth-order valence-corrected chi connectivity index (χ4v) is 4.92. The van der Waals surface area contributed by atoms with Gasteiger partial charge in [0.25, 0.3) is 0 Å². The highest BCUT2D eigenvalue weighted by Crippen LogP contribution is 2.29. The van der Waals surface area contributed by atoms with E-state index in [1.807, 2.05) is 42.5 Å². The van der Waals surface area contributed by atoms with Crippen molar-refractivity contribution in [2.24, 2.45) is 0 Å². The van der Waals surface area contributed by atoms with Crippen LogP contribution in [0.5, 0.6) is 5.75 Å². The van der Waals surface area contributed by atoms with Crippen molar-refractivity contribution in [3.05, 3.63) is 99.7 Å². The van der Waals surface area contributed by atoms with Gasteiger partial charge in [-0.15, -0.1) is 11.8 Å². The molecule has 5 heteroatoms. The first kappa shape index (κ1) is 24.4. The molecule has 0 amide bonds. The lowest BCUT2D eigenvalue weighted by Gasteiger charge is -2.36. The van der Waals surface area contributed by atoms with Gasteiger partial charge in [0.05, 0.1) is 5.69 Å². The van der Waals surface area contributed by atoms with Crippen molar-refractivity contribution in [3.63, 3.8) is 0 Å². The first-order valence-electron chi connectivity index (χ1n) is 12.0. The van der Waals surface area contributed by atoms with E-state index < -0.39 is 0 Å². The summed E-state index contributed by atoms with van der Waals surface area (Å²) < 4.78 is 6.06. The van der Waals surface area contributed by atoms with Crippen LogP contribution in [0, 0.1) is 0 Å². The number of thioether (sulfide) groups is 1. The van der Waals surface area contributed by atoms with Gasteiger partial charge in [-0.3, -0.25) is 9.69 Å². The number of hydrogen-bond acceptors (Lipinski definition) is 5. The molecular formula is C29H34N2O2S. The summed E-state index contributed by atoms with van der Waals surface area (Å²) in [5, 5.41) is 0. The molecule has 1 fully saturated rings. The Kier molecular flexibility index (Phi) is 8.30. The van der Waals surface area contributed by atoms with E-state index in [0.29, 0.717) is 24.8 Å². The van der Waals surface area contributed by atoms with Crippen LogP contribution in [0.2, 0.25) is 0 Å². The third-order valence-corrected chi connectivity index (χ3v) is 7.17. The number of ether oxygens (including phenoxy) is 1. The van der Waals surface area contributed by atoms with Gasteiger partial charge >= 0.3 is 0 Å². The Balaban J connectivity index is 1.49. The molecule has 3 aromatic carbocycles. The minimum atomic E-state index is -0.00186. The maximum absolute atomic E-state index is 13.4. The summed E-state index contributed by atoms with van der Waals surface area (Å²) in [6.45, 7) is 9.10. The van der Waals surface area contributed by atoms with Gasteiger partial charge in [-0.2, -0.15) is 0 Å². The second-order valence-electron chi connectivity index (χ2n) is 9.06. The summed E-state index contributed by atoms with van der Waals surface area (Å²) in [5.41, 5.74) is 4.28. The molecule has 1 aliphatic rings. The van der Waals surface area contributed by atoms with Gasteiger partial charge in [-0.25, -0.2) is 0 Å². The molecule has 0 N–H and O–H groups in total. The van der Waals surface area contributed by atoms with Crippen molar-refractivity contribution in [3.8, 4) is 5.75 Å². The highest BCUT2D eigenvalue weighted by Gasteiger charge is 2.20. The molecule has 1 saturated heterocycles. The van der Waals surface area contributed by atoms with Gasteiger partial charge in [0.15, 0.2) is 5.75 Å². The average Bonchev–Trinajstić information content (AvgIpc) is 3.03. The summed E-state index contributed by atoms with van der Waals surface area (Å²) in [5.74, 6) is 0.763. The van der Waals surface area contributed by atoms with Crippen molar-refractivity contribution < 1.29 is 4.74 Å². The SMILES string of the molecule is CSc1ccccc1N1CCN(Cc2ccc(C(C)C)cc(OCc3ccccc3)c2=O)CC1. The molecule has 0 aliphatic carbocycles. The number of para-hydroxylation sites is 1. The Hall–Kier alpha value is -2.76. The van der Waals surface area contributed by atoms with E-state index in [1.54, 1.807) is 11.8 Å². The summed E-state index contributed by atoms with van der Waals surface area (Å²) in [4.78, 5) is 19.6. The van der Waals surface area contributed by atoms with Crippen molar-refractivity contribution >= 4 is 17.4 Å². The van der Waals surface area contributed by atoms with Gasteiger partial charge < -0.3 is 9.64 Å². The Bertz CT molecular complexity index is 1140. The lowest BCUT2D eigenvalue weighted by molar-refractivity contribution is 0.248. The largest absolute Gasteiger partial charge is 0.485 e. The number of rotatable bonds is 8. The van der Waals surface area contributed by atoms with E-state index in [1.165, 1.54) is 10.6 Å². The molecule has 0 bridgehead atoms. The van der Waals surface area contributed by atoms with Crippen LogP contribution in [0.3, 0.4) is 0 Å². The third kappa shape index (κ3) is 6.02. The van der Waals surface area contributed by atoms with Crippen LogP contribution >= 0.6 is 11.8 Å². The lowest BCUT2D eigenvalue weighted by Crippen LogP contribution is -2.46. The molecule has 0 radical (unpaired) electrons. The van der Waals surface area contributed by atoms with Crippen LogP contribution in [0.25, 0.3) is 0 Å². The van der Waals surface area contributed by atoms with E-state index >= 15 is 0 Å². The summed E-state index contributed by atoms with van der Waals surface area (Å²) in [6, 6.07) is 24.6. The molecule has 0 atom stereocenters. The Morgan fingerprint density at radius 3 is 2.32 bits per heavy atom. The molecule has 178 valence electrons. The number of hydrogen-bond donors (Lipinski definition) is 0. The number of piperazine rings is 1. The average molecular weight is 475 g/mol. The lowest BCUT2D eigenvalue weighted by atomic mass is 10.1. The maximum atomic E-state index is 13.4. The van der Waals surface area contributed by atoms with Crippen LogP contribution in [-0.4, -0.2) is 37.3 Å². The summed E-state index contributed by atoms with van der Waals surface area (Å²) in [6.07, 6.45) is 2.13. The number of anilines is 1. The fraction of sp³-hybridized carbons (Fsp3) is 0.345. The smallest absolute Gasteiger partial charge is 0.224 e. The van der Waals surface area contributed by atoms with Gasteiger partial charge in [0.1, 0.15) is 6.61 Å². The van der Waals surface area contributed by atoms with Crippen LogP contribution < -0.4 is 15.1 Å². The van der Waals surface area contributed by atoms with E-state index in [-0.39, 0.29) is 5.43 Å². The summed E-state index contributed by atoms with van der Waals surface area (Å²) in [7, 11) is 0. The second-order valence-corrected chi connectivity index (χ2v) is 9.91. The molecule has 34 heavy (non-hydrogen) atoms. The minimum absolute atomic E-state index is 0.00186. The zero-order chi connectivity index (χ0) is 23.9. The van der Waals surface area contributed by atoms with E-state index in [9.17, 15) is 4.79 Å². The maximum Gasteiger partial charge on any atom is 0.224 e. The van der Waals surface area contributed by atoms with Crippen molar-refractivity contribution in [2.45, 2.75) is 37.8 Å². The van der Waals surface area contributed by atoms with Crippen LogP contribution in [-0.2, 0) is 13.2 Å². The predicted molar refractivity (Wildman–Crippen MR) is 143 cm³/mol. The predicted octanol–water partition coefficient (Wildman–Crippen LogP) is 5.79. The highest BCUT2D eigenvalue weighted by atomic mass is 32.2. The van der Waals surface area contributed by atoms with Gasteiger partial charge in [0.2, 0.25) is 5.43 Å². The Morgan fingerprint density at radius 1 is 0.912 bits per heavy atom. The monoisotopic (exact) mass is 474 g/mol. The van der Waals surface area contributed by atoms with Crippen LogP contribution in [0.15, 0.2) is 82.5 Å². The molecule has 4 rings (SSSR count). The molecule has 3 aromatic rings. The molecule has 1 aliphatic heterocycles. The summed E-state index contributed by atoms with van der Waals surface area (Å²) >= 11 is 1.79. The molecule has 1 heterocycles. The van der Waals surface area contributed by atoms with Crippen LogP contribution in [0.4, 0.5) is 5.69 Å². The standard InChI is InChI=1S/C29H34N2O2S/c1-22(2)24-13-14-25(29(32)27(19-24)33-21-23-9-5-4-6-10-23)20-30-15-17-31(18-16-30)26-11-7-8-12-28(26)34-3/h4-14,19,22H,15-18,20-21H2,1-3H3. The quantitative estimate of drug-likeness (QED) is 0.386. The normalized spacial score (nSPS) is 14.4. The zero-order valence-corrected chi connectivity index (χ0v) is 21.2. The molecule has 4 nitrogen and oxygen atoms in total.